The molecule has 10 heteroatoms. The maximum Gasteiger partial charge on any atom is 0.414 e. The molecular weight excluding hydrogens is 503 g/mol. The molecule has 4 atom stereocenters. The number of halogens is 1. The normalized spacial score (nSPS) is 25.5. The number of nitriles is 1. The zero-order chi connectivity index (χ0) is 28.1. The standard InChI is InChI=1S/C29H31FN4O5/c1-17(35)32-12-21-13-34(27(37)38-21)20-8-5-18(6-9-20)19-7-10-22(25(30)11-19)29(16-31)23-14-33(15-24(23)29)26(36)39-28(2,3)4/h5-11,21,23-24H,12-15H2,1-4H3,(H,32,35)/t21-,23-,24+,29+/m0/s1. The molecule has 3 amide bonds. The lowest BCUT2D eigenvalue weighted by atomic mass is 9.89. The molecule has 1 aliphatic carbocycles. The van der Waals surface area contributed by atoms with Crippen molar-refractivity contribution in [2.75, 3.05) is 31.1 Å². The van der Waals surface area contributed by atoms with E-state index in [4.69, 9.17) is 9.47 Å². The number of likely N-dealkylation sites (tertiary alicyclic amines) is 1. The minimum absolute atomic E-state index is 0.135. The van der Waals surface area contributed by atoms with E-state index < -0.39 is 35.1 Å². The maximum absolute atomic E-state index is 15.4. The predicted molar refractivity (Wildman–Crippen MR) is 140 cm³/mol. The summed E-state index contributed by atoms with van der Waals surface area (Å²) in [5.41, 5.74) is 0.831. The highest BCUT2D eigenvalue weighted by Gasteiger charge is 2.71. The molecule has 2 saturated heterocycles. The number of anilines is 1. The second kappa shape index (κ2) is 9.56. The van der Waals surface area contributed by atoms with Crippen molar-refractivity contribution in [3.05, 3.63) is 53.8 Å². The third kappa shape index (κ3) is 4.89. The summed E-state index contributed by atoms with van der Waals surface area (Å²) in [5, 5.41) is 12.7. The Hall–Kier alpha value is -4.13. The number of hydrogen-bond donors (Lipinski definition) is 1. The summed E-state index contributed by atoms with van der Waals surface area (Å²) in [6.07, 6.45) is -1.34. The Balaban J connectivity index is 1.27. The third-order valence-electron chi connectivity index (χ3n) is 7.60. The van der Waals surface area contributed by atoms with Gasteiger partial charge in [-0.25, -0.2) is 14.0 Å². The first-order valence-electron chi connectivity index (χ1n) is 12.9. The van der Waals surface area contributed by atoms with Gasteiger partial charge in [0.1, 0.15) is 17.5 Å². The van der Waals surface area contributed by atoms with Crippen LogP contribution in [-0.2, 0) is 19.7 Å². The first-order chi connectivity index (χ1) is 18.4. The molecule has 5 rings (SSSR count). The van der Waals surface area contributed by atoms with Crippen LogP contribution in [0.3, 0.4) is 0 Å². The van der Waals surface area contributed by atoms with E-state index in [0.29, 0.717) is 36.4 Å². The van der Waals surface area contributed by atoms with Crippen molar-refractivity contribution >= 4 is 23.8 Å². The molecule has 1 saturated carbocycles. The zero-order valence-electron chi connectivity index (χ0n) is 22.4. The van der Waals surface area contributed by atoms with Gasteiger partial charge in [-0.05, 0) is 50.1 Å². The Labute approximate surface area is 226 Å². The van der Waals surface area contributed by atoms with Crippen molar-refractivity contribution in [1.29, 1.82) is 5.26 Å². The monoisotopic (exact) mass is 534 g/mol. The number of hydrogen-bond acceptors (Lipinski definition) is 6. The number of fused-ring (bicyclic) bond motifs is 1. The van der Waals surface area contributed by atoms with E-state index in [0.717, 1.165) is 5.56 Å². The number of piperidine rings is 1. The SMILES string of the molecule is CC(=O)NC[C@H]1CN(c2ccc(-c3ccc([C@@]4(C#N)[C@@H]5CN(C(=O)OC(C)(C)C)C[C@@H]54)c(F)c3)cc2)C(=O)O1. The molecule has 0 radical (unpaired) electrons. The van der Waals surface area contributed by atoms with E-state index in [1.54, 1.807) is 62.1 Å². The van der Waals surface area contributed by atoms with Crippen LogP contribution in [0, 0.1) is 29.0 Å². The van der Waals surface area contributed by atoms with Gasteiger partial charge in [0.2, 0.25) is 5.91 Å². The van der Waals surface area contributed by atoms with Crippen LogP contribution in [-0.4, -0.2) is 60.9 Å². The van der Waals surface area contributed by atoms with Gasteiger partial charge in [-0.1, -0.05) is 24.3 Å². The van der Waals surface area contributed by atoms with Crippen molar-refractivity contribution in [3.63, 3.8) is 0 Å². The lowest BCUT2D eigenvalue weighted by Gasteiger charge is -2.27. The Morgan fingerprint density at radius 3 is 2.33 bits per heavy atom. The minimum atomic E-state index is -0.950. The molecule has 9 nitrogen and oxygen atoms in total. The van der Waals surface area contributed by atoms with Gasteiger partial charge in [0, 0.05) is 43.1 Å². The van der Waals surface area contributed by atoms with Gasteiger partial charge in [0.15, 0.2) is 0 Å². The topological polar surface area (TPSA) is 112 Å². The molecule has 0 unspecified atom stereocenters. The van der Waals surface area contributed by atoms with Crippen LogP contribution in [0.2, 0.25) is 0 Å². The number of nitrogens with one attached hydrogen (secondary N) is 1. The van der Waals surface area contributed by atoms with Crippen LogP contribution >= 0.6 is 0 Å². The Bertz CT molecular complexity index is 1350. The van der Waals surface area contributed by atoms with Crippen LogP contribution < -0.4 is 10.2 Å². The Kier molecular flexibility index (Phi) is 6.49. The number of carbonyl (C=O) groups is 3. The largest absolute Gasteiger partial charge is 0.444 e. The van der Waals surface area contributed by atoms with E-state index in [9.17, 15) is 19.6 Å². The van der Waals surface area contributed by atoms with Gasteiger partial charge in [-0.2, -0.15) is 5.26 Å². The fourth-order valence-electron chi connectivity index (χ4n) is 5.69. The van der Waals surface area contributed by atoms with Crippen LogP contribution in [0.15, 0.2) is 42.5 Å². The molecule has 2 aromatic carbocycles. The number of rotatable bonds is 5. The summed E-state index contributed by atoms with van der Waals surface area (Å²) < 4.78 is 26.2. The fourth-order valence-corrected chi connectivity index (χ4v) is 5.69. The van der Waals surface area contributed by atoms with E-state index in [1.807, 2.05) is 0 Å². The van der Waals surface area contributed by atoms with Crippen molar-refractivity contribution < 1.29 is 28.2 Å². The van der Waals surface area contributed by atoms with E-state index in [-0.39, 0.29) is 24.3 Å². The highest BCUT2D eigenvalue weighted by molar-refractivity contribution is 5.90. The summed E-state index contributed by atoms with van der Waals surface area (Å²) in [6.45, 7) is 8.09. The van der Waals surface area contributed by atoms with Gasteiger partial charge in [0.05, 0.1) is 24.6 Å². The quantitative estimate of drug-likeness (QED) is 0.615. The molecule has 2 aliphatic heterocycles. The second-order valence-corrected chi connectivity index (χ2v) is 11.4. The van der Waals surface area contributed by atoms with E-state index in [1.165, 1.54) is 17.9 Å². The summed E-state index contributed by atoms with van der Waals surface area (Å²) in [4.78, 5) is 38.9. The summed E-state index contributed by atoms with van der Waals surface area (Å²) >= 11 is 0. The van der Waals surface area contributed by atoms with Gasteiger partial charge < -0.3 is 19.7 Å². The molecule has 0 spiro atoms. The van der Waals surface area contributed by atoms with Crippen molar-refractivity contribution in [2.24, 2.45) is 11.8 Å². The number of cyclic esters (lactones) is 1. The molecule has 3 fully saturated rings. The van der Waals surface area contributed by atoms with Crippen molar-refractivity contribution in [1.82, 2.24) is 10.2 Å². The predicted octanol–water partition coefficient (Wildman–Crippen LogP) is 4.21. The molecule has 39 heavy (non-hydrogen) atoms. The van der Waals surface area contributed by atoms with E-state index >= 15 is 4.39 Å². The molecule has 204 valence electrons. The molecule has 2 heterocycles. The number of amides is 3. The highest BCUT2D eigenvalue weighted by Crippen LogP contribution is 2.63. The first kappa shape index (κ1) is 26.5. The summed E-state index contributed by atoms with van der Waals surface area (Å²) in [6, 6.07) is 14.3. The molecule has 0 aromatic heterocycles. The van der Waals surface area contributed by atoms with Gasteiger partial charge >= 0.3 is 12.2 Å². The number of nitrogens with zero attached hydrogens (tertiary/aromatic N) is 3. The van der Waals surface area contributed by atoms with Gasteiger partial charge in [0.25, 0.3) is 0 Å². The number of benzene rings is 2. The van der Waals surface area contributed by atoms with Crippen LogP contribution in [0.1, 0.15) is 33.3 Å². The highest BCUT2D eigenvalue weighted by atomic mass is 19.1. The van der Waals surface area contributed by atoms with Crippen LogP contribution in [0.5, 0.6) is 0 Å². The van der Waals surface area contributed by atoms with Gasteiger partial charge in [-0.15, -0.1) is 0 Å². The van der Waals surface area contributed by atoms with E-state index in [2.05, 4.69) is 11.4 Å². The average Bonchev–Trinajstić information content (AvgIpc) is 3.15. The minimum Gasteiger partial charge on any atom is -0.444 e. The fraction of sp³-hybridized carbons (Fsp3) is 0.448. The van der Waals surface area contributed by atoms with Crippen LogP contribution in [0.4, 0.5) is 19.7 Å². The molecule has 0 bridgehead atoms. The smallest absolute Gasteiger partial charge is 0.414 e. The molecule has 1 N–H and O–H groups in total. The van der Waals surface area contributed by atoms with Crippen molar-refractivity contribution in [3.8, 4) is 17.2 Å². The van der Waals surface area contributed by atoms with Gasteiger partial charge in [-0.3, -0.25) is 9.69 Å². The average molecular weight is 535 g/mol. The van der Waals surface area contributed by atoms with Crippen molar-refractivity contribution in [2.45, 2.75) is 44.8 Å². The second-order valence-electron chi connectivity index (χ2n) is 11.4. The Morgan fingerprint density at radius 2 is 1.77 bits per heavy atom. The lowest BCUT2D eigenvalue weighted by Crippen LogP contribution is -2.39. The zero-order valence-corrected chi connectivity index (χ0v) is 22.4. The molecular formula is C29H31FN4O5. The molecule has 2 aromatic rings. The number of ether oxygens (including phenoxy) is 2. The summed E-state index contributed by atoms with van der Waals surface area (Å²) in [5.74, 6) is -0.922. The third-order valence-corrected chi connectivity index (χ3v) is 7.60. The lowest BCUT2D eigenvalue weighted by molar-refractivity contribution is -0.119. The number of carbonyl (C=O) groups excluding carboxylic acids is 3. The summed E-state index contributed by atoms with van der Waals surface area (Å²) in [7, 11) is 0. The van der Waals surface area contributed by atoms with Crippen LogP contribution in [0.25, 0.3) is 11.1 Å². The Morgan fingerprint density at radius 1 is 1.13 bits per heavy atom. The molecule has 3 aliphatic rings. The first-order valence-corrected chi connectivity index (χ1v) is 12.9. The maximum atomic E-state index is 15.4.